The van der Waals surface area contributed by atoms with E-state index in [1.165, 1.54) is 0 Å². The Morgan fingerprint density at radius 1 is 1.33 bits per heavy atom. The Hall–Kier alpha value is -1.68. The molecule has 0 aliphatic carbocycles. The lowest BCUT2D eigenvalue weighted by molar-refractivity contribution is 0.0733. The van der Waals surface area contributed by atoms with Gasteiger partial charge in [-0.1, -0.05) is 11.6 Å². The first kappa shape index (κ1) is 18.7. The lowest BCUT2D eigenvalue weighted by Gasteiger charge is -2.37. The number of aromatic nitrogens is 3. The van der Waals surface area contributed by atoms with E-state index in [1.54, 1.807) is 18.5 Å². The molecule has 0 bridgehead atoms. The summed E-state index contributed by atoms with van der Waals surface area (Å²) < 4.78 is 6.71. The molecule has 2 aliphatic heterocycles. The lowest BCUT2D eigenvalue weighted by atomic mass is 9.91. The Labute approximate surface area is 171 Å². The van der Waals surface area contributed by atoms with Gasteiger partial charge in [0.1, 0.15) is 26.9 Å². The number of fused-ring (bicyclic) bond motifs is 1. The number of piperidine rings is 1. The Morgan fingerprint density at radius 3 is 2.81 bits per heavy atom. The maximum absolute atomic E-state index is 6.22. The van der Waals surface area contributed by atoms with Gasteiger partial charge >= 0.3 is 0 Å². The zero-order valence-corrected chi connectivity index (χ0v) is 17.5. The minimum atomic E-state index is -0.443. The molecule has 1 saturated heterocycles. The number of halogens is 2. The van der Waals surface area contributed by atoms with Crippen LogP contribution in [0.15, 0.2) is 23.1 Å². The number of nitrogens with two attached hydrogens (primary N) is 1. The molecule has 4 heterocycles. The third-order valence-electron chi connectivity index (χ3n) is 4.91. The summed E-state index contributed by atoms with van der Waals surface area (Å²) in [5.41, 5.74) is 10.0. The third kappa shape index (κ3) is 3.82. The van der Waals surface area contributed by atoms with Crippen LogP contribution >= 0.6 is 27.5 Å². The van der Waals surface area contributed by atoms with E-state index in [0.717, 1.165) is 31.7 Å². The van der Waals surface area contributed by atoms with Gasteiger partial charge in [0.05, 0.1) is 12.4 Å². The molecule has 4 rings (SSSR count). The van der Waals surface area contributed by atoms with E-state index in [-0.39, 0.29) is 5.54 Å². The van der Waals surface area contributed by atoms with Crippen molar-refractivity contribution in [2.75, 3.05) is 30.5 Å². The molecule has 0 saturated carbocycles. The average molecular weight is 455 g/mol. The van der Waals surface area contributed by atoms with Crippen LogP contribution in [0.25, 0.3) is 0 Å². The fourth-order valence-electron chi connectivity index (χ4n) is 3.20. The zero-order chi connectivity index (χ0) is 19.2. The molecule has 0 amide bonds. The van der Waals surface area contributed by atoms with Crippen molar-refractivity contribution in [1.82, 2.24) is 20.0 Å². The predicted molar refractivity (Wildman–Crippen MR) is 108 cm³/mol. The van der Waals surface area contributed by atoms with Gasteiger partial charge in [0.2, 0.25) is 6.23 Å². The van der Waals surface area contributed by atoms with Crippen molar-refractivity contribution in [2.45, 2.75) is 31.5 Å². The van der Waals surface area contributed by atoms with Crippen LogP contribution < -0.4 is 20.8 Å². The molecule has 27 heavy (non-hydrogen) atoms. The van der Waals surface area contributed by atoms with E-state index in [9.17, 15) is 0 Å². The number of nitrogens with one attached hydrogen (secondary N) is 1. The molecule has 144 valence electrons. The molecule has 0 radical (unpaired) electrons. The number of pyridine rings is 1. The molecular formula is C17H21BrClN7O. The molecule has 8 nitrogen and oxygen atoms in total. The van der Waals surface area contributed by atoms with E-state index < -0.39 is 6.23 Å². The van der Waals surface area contributed by atoms with Crippen LogP contribution in [0.1, 0.15) is 31.7 Å². The number of hydrogen-bond acceptors (Lipinski definition) is 8. The van der Waals surface area contributed by atoms with Gasteiger partial charge < -0.3 is 15.4 Å². The Morgan fingerprint density at radius 2 is 2.07 bits per heavy atom. The highest BCUT2D eigenvalue weighted by atomic mass is 79.9. The number of rotatable bonds is 3. The molecule has 2 aromatic rings. The first-order chi connectivity index (χ1) is 12.8. The van der Waals surface area contributed by atoms with Gasteiger partial charge in [0.15, 0.2) is 5.82 Å². The van der Waals surface area contributed by atoms with Gasteiger partial charge in [0.25, 0.3) is 0 Å². The summed E-state index contributed by atoms with van der Waals surface area (Å²) in [7, 11) is 1.87. The average Bonchev–Trinajstić information content (AvgIpc) is 2.93. The highest BCUT2D eigenvalue weighted by molar-refractivity contribution is 9.10. The minimum absolute atomic E-state index is 0.101. The van der Waals surface area contributed by atoms with Crippen molar-refractivity contribution in [3.63, 3.8) is 0 Å². The van der Waals surface area contributed by atoms with Crippen molar-refractivity contribution in [3.05, 3.63) is 33.8 Å². The van der Waals surface area contributed by atoms with Crippen molar-refractivity contribution < 1.29 is 4.74 Å². The number of hydrazine groups is 1. The highest BCUT2D eigenvalue weighted by Crippen LogP contribution is 2.37. The molecule has 0 aromatic carbocycles. The van der Waals surface area contributed by atoms with Crippen LogP contribution in [0.3, 0.4) is 0 Å². The molecular weight excluding hydrogens is 434 g/mol. The molecule has 2 aromatic heterocycles. The van der Waals surface area contributed by atoms with E-state index in [4.69, 9.17) is 27.1 Å². The smallest absolute Gasteiger partial charge is 0.215 e. The number of nitrogens with zero attached hydrogens (tertiary/aromatic N) is 5. The van der Waals surface area contributed by atoms with Gasteiger partial charge in [-0.05, 0) is 35.7 Å². The van der Waals surface area contributed by atoms with Crippen LogP contribution in [-0.4, -0.2) is 45.6 Å². The Bertz CT molecular complexity index is 855. The van der Waals surface area contributed by atoms with Gasteiger partial charge in [0, 0.05) is 31.7 Å². The molecule has 3 N–H and O–H groups in total. The standard InChI is InChI=1S/C17H21BrClN7O/c1-17(20)3-5-26(6-4-17)13-9-22-14-15(23-13)24-25(2)16(14)27-11-7-12(18)21-8-10(11)19/h7-9,16H,3-6,20H2,1-2H3,(H,23,24). The second-order valence-corrected chi connectivity index (χ2v) is 8.45. The topological polar surface area (TPSA) is 92.4 Å². The number of anilines is 2. The summed E-state index contributed by atoms with van der Waals surface area (Å²) in [6.07, 6.45) is 4.75. The maximum atomic E-state index is 6.22. The van der Waals surface area contributed by atoms with E-state index in [2.05, 4.69) is 43.1 Å². The number of hydrogen-bond donors (Lipinski definition) is 2. The third-order valence-corrected chi connectivity index (χ3v) is 5.63. The van der Waals surface area contributed by atoms with Gasteiger partial charge in [-0.15, -0.1) is 0 Å². The van der Waals surface area contributed by atoms with Gasteiger partial charge in [-0.25, -0.2) is 15.0 Å². The quantitative estimate of drug-likeness (QED) is 0.684. The van der Waals surface area contributed by atoms with Crippen LogP contribution in [0.2, 0.25) is 5.02 Å². The highest BCUT2D eigenvalue weighted by Gasteiger charge is 2.34. The molecule has 1 atom stereocenters. The summed E-state index contributed by atoms with van der Waals surface area (Å²) in [5, 5.41) is 2.24. The molecule has 1 fully saturated rings. The first-order valence-electron chi connectivity index (χ1n) is 8.70. The van der Waals surface area contributed by atoms with E-state index >= 15 is 0 Å². The van der Waals surface area contributed by atoms with E-state index in [1.807, 2.05) is 12.1 Å². The van der Waals surface area contributed by atoms with Crippen molar-refractivity contribution in [1.29, 1.82) is 0 Å². The SMILES string of the molecule is CN1Nc2nc(N3CCC(C)(N)CC3)cnc2C1Oc1cc(Br)ncc1Cl. The first-order valence-corrected chi connectivity index (χ1v) is 9.87. The van der Waals surface area contributed by atoms with Crippen molar-refractivity contribution in [3.8, 4) is 5.75 Å². The fourth-order valence-corrected chi connectivity index (χ4v) is 3.66. The lowest BCUT2D eigenvalue weighted by Crippen LogP contribution is -2.48. The molecule has 10 heteroatoms. The Balaban J connectivity index is 1.55. The predicted octanol–water partition coefficient (Wildman–Crippen LogP) is 2.96. The van der Waals surface area contributed by atoms with Gasteiger partial charge in [-0.3, -0.25) is 5.43 Å². The molecule has 0 spiro atoms. The zero-order valence-electron chi connectivity index (χ0n) is 15.1. The van der Waals surface area contributed by atoms with Crippen LogP contribution in [-0.2, 0) is 0 Å². The minimum Gasteiger partial charge on any atom is -0.466 e. The fraction of sp³-hybridized carbons (Fsp3) is 0.471. The van der Waals surface area contributed by atoms with Gasteiger partial charge in [-0.2, -0.15) is 5.01 Å². The summed E-state index contributed by atoms with van der Waals surface area (Å²) in [6, 6.07) is 1.73. The summed E-state index contributed by atoms with van der Waals surface area (Å²) in [5.74, 6) is 2.05. The maximum Gasteiger partial charge on any atom is 0.215 e. The summed E-state index contributed by atoms with van der Waals surface area (Å²) in [6.45, 7) is 3.84. The normalized spacial score (nSPS) is 21.7. The second kappa shape index (κ2) is 7.05. The van der Waals surface area contributed by atoms with Crippen molar-refractivity contribution >= 4 is 39.2 Å². The van der Waals surface area contributed by atoms with Crippen LogP contribution in [0, 0.1) is 0 Å². The number of ether oxygens (including phenoxy) is 1. The van der Waals surface area contributed by atoms with Crippen LogP contribution in [0.5, 0.6) is 5.75 Å². The monoisotopic (exact) mass is 453 g/mol. The molecule has 1 unspecified atom stereocenters. The summed E-state index contributed by atoms with van der Waals surface area (Å²) >= 11 is 9.53. The second-order valence-electron chi connectivity index (χ2n) is 7.23. The van der Waals surface area contributed by atoms with Crippen LogP contribution in [0.4, 0.5) is 11.6 Å². The Kier molecular flexibility index (Phi) is 4.87. The van der Waals surface area contributed by atoms with E-state index in [0.29, 0.717) is 26.9 Å². The summed E-state index contributed by atoms with van der Waals surface area (Å²) in [4.78, 5) is 15.7. The van der Waals surface area contributed by atoms with Crippen molar-refractivity contribution in [2.24, 2.45) is 5.73 Å². The largest absolute Gasteiger partial charge is 0.466 e. The molecule has 2 aliphatic rings.